The standard InChI is InChI=1S/C28H47O7PS/c1-3-5-7-9-10-11-12-16-20-33-25(22-34-24-18-14-13-15-19-24)23-35-27(28(31,36-32)26(29)30)37-21-17-8-6-4-2/h13-15,18-19,25,27,31H,3-12,16-17,20-23H2,1-2H3,(H,29,30). The lowest BCUT2D eigenvalue weighted by molar-refractivity contribution is -0.157. The molecule has 1 aromatic rings. The number of thioether (sulfide) groups is 1. The number of unbranched alkanes of at least 4 members (excludes halogenated alkanes) is 10. The molecule has 37 heavy (non-hydrogen) atoms. The van der Waals surface area contributed by atoms with E-state index in [1.54, 1.807) is 0 Å². The maximum Gasteiger partial charge on any atom is 0.351 e. The average Bonchev–Trinajstić information content (AvgIpc) is 2.91. The Morgan fingerprint density at radius 2 is 1.49 bits per heavy atom. The molecular formula is C28H47O7PS. The monoisotopic (exact) mass is 558 g/mol. The number of carboxylic acid groups (broad SMARTS) is 1. The van der Waals surface area contributed by atoms with Crippen LogP contribution in [0.2, 0.25) is 0 Å². The van der Waals surface area contributed by atoms with Crippen LogP contribution in [0.25, 0.3) is 0 Å². The molecule has 0 saturated carbocycles. The molecule has 212 valence electrons. The Morgan fingerprint density at radius 1 is 0.892 bits per heavy atom. The molecule has 1 rings (SSSR count). The van der Waals surface area contributed by atoms with Gasteiger partial charge in [0.05, 0.1) is 6.61 Å². The van der Waals surface area contributed by atoms with Crippen LogP contribution in [0.15, 0.2) is 30.3 Å². The number of aliphatic hydroxyl groups is 1. The third-order valence-corrected chi connectivity index (χ3v) is 8.20. The predicted octanol–water partition coefficient (Wildman–Crippen LogP) is 7.31. The highest BCUT2D eigenvalue weighted by Gasteiger charge is 2.47. The van der Waals surface area contributed by atoms with E-state index in [9.17, 15) is 19.6 Å². The maximum atomic E-state index is 11.7. The van der Waals surface area contributed by atoms with Crippen LogP contribution in [0.1, 0.15) is 90.9 Å². The number of hydrogen-bond donors (Lipinski definition) is 2. The molecule has 0 amide bonds. The number of para-hydroxylation sites is 1. The van der Waals surface area contributed by atoms with Crippen LogP contribution in [0.3, 0.4) is 0 Å². The summed E-state index contributed by atoms with van der Waals surface area (Å²) in [5.41, 5.74) is -1.20. The van der Waals surface area contributed by atoms with E-state index in [1.165, 1.54) is 50.3 Å². The van der Waals surface area contributed by atoms with Crippen LogP contribution in [0.4, 0.5) is 0 Å². The zero-order valence-corrected chi connectivity index (χ0v) is 24.4. The van der Waals surface area contributed by atoms with E-state index >= 15 is 0 Å². The molecule has 7 nitrogen and oxygen atoms in total. The fraction of sp³-hybridized carbons (Fsp3) is 0.750. The van der Waals surface area contributed by atoms with E-state index in [0.717, 1.165) is 38.5 Å². The van der Waals surface area contributed by atoms with Crippen LogP contribution in [0, 0.1) is 0 Å². The predicted molar refractivity (Wildman–Crippen MR) is 151 cm³/mol. The molecule has 0 spiro atoms. The zero-order chi connectivity index (χ0) is 27.2. The van der Waals surface area contributed by atoms with Gasteiger partial charge >= 0.3 is 5.97 Å². The first-order chi connectivity index (χ1) is 18.0. The van der Waals surface area contributed by atoms with Crippen molar-refractivity contribution in [2.24, 2.45) is 0 Å². The normalized spacial score (nSPS) is 14.8. The average molecular weight is 559 g/mol. The lowest BCUT2D eigenvalue weighted by Crippen LogP contribution is -2.46. The number of benzene rings is 1. The Morgan fingerprint density at radius 3 is 2.08 bits per heavy atom. The fourth-order valence-electron chi connectivity index (χ4n) is 3.71. The minimum Gasteiger partial charge on any atom is -0.491 e. The van der Waals surface area contributed by atoms with Crippen LogP contribution >= 0.6 is 20.2 Å². The topological polar surface area (TPSA) is 102 Å². The van der Waals surface area contributed by atoms with Crippen molar-refractivity contribution in [1.82, 2.24) is 0 Å². The molecule has 0 aliphatic carbocycles. The van der Waals surface area contributed by atoms with Gasteiger partial charge in [0.15, 0.2) is 5.44 Å². The highest BCUT2D eigenvalue weighted by Crippen LogP contribution is 2.34. The summed E-state index contributed by atoms with van der Waals surface area (Å²) < 4.78 is 29.5. The zero-order valence-electron chi connectivity index (χ0n) is 22.6. The summed E-state index contributed by atoms with van der Waals surface area (Å²) >= 11 is 1.17. The summed E-state index contributed by atoms with van der Waals surface area (Å²) in [6.45, 7) is 5.11. The van der Waals surface area contributed by atoms with Gasteiger partial charge in [-0.1, -0.05) is 96.3 Å². The van der Waals surface area contributed by atoms with E-state index in [1.807, 2.05) is 30.3 Å². The third-order valence-electron chi connectivity index (χ3n) is 6.01. The van der Waals surface area contributed by atoms with Crippen LogP contribution < -0.4 is 4.74 Å². The summed E-state index contributed by atoms with van der Waals surface area (Å²) in [6, 6.07) is 9.38. The van der Waals surface area contributed by atoms with Crippen molar-refractivity contribution >= 4 is 26.2 Å². The van der Waals surface area contributed by atoms with Gasteiger partial charge in [-0.15, -0.1) is 11.8 Å². The SMILES string of the molecule is CCCCCCCCCCOC(COc1ccccc1)COC(SCCCCCC)C(O)(P=O)C(=O)O. The van der Waals surface area contributed by atoms with Gasteiger partial charge in [-0.3, -0.25) is 4.57 Å². The molecule has 3 atom stereocenters. The quantitative estimate of drug-likeness (QED) is 0.0731. The number of rotatable bonds is 25. The Kier molecular flexibility index (Phi) is 19.9. The molecule has 2 N–H and O–H groups in total. The minimum absolute atomic E-state index is 0.0155. The molecule has 0 fully saturated rings. The molecule has 0 bridgehead atoms. The molecule has 0 radical (unpaired) electrons. The lowest BCUT2D eigenvalue weighted by Gasteiger charge is -2.28. The Bertz CT molecular complexity index is 709. The third kappa shape index (κ3) is 15.1. The second-order valence-corrected chi connectivity index (χ2v) is 11.3. The van der Waals surface area contributed by atoms with Gasteiger partial charge in [0, 0.05) is 6.61 Å². The van der Waals surface area contributed by atoms with Gasteiger partial charge in [-0.2, -0.15) is 0 Å². The summed E-state index contributed by atoms with van der Waals surface area (Å²) in [4.78, 5) is 11.7. The van der Waals surface area contributed by atoms with Crippen molar-refractivity contribution < 1.29 is 33.8 Å². The molecule has 0 aliphatic heterocycles. The van der Waals surface area contributed by atoms with E-state index in [2.05, 4.69) is 13.8 Å². The highest BCUT2D eigenvalue weighted by atomic mass is 32.2. The van der Waals surface area contributed by atoms with Gasteiger partial charge < -0.3 is 24.4 Å². The highest BCUT2D eigenvalue weighted by molar-refractivity contribution is 8.00. The Balaban J connectivity index is 2.66. The lowest BCUT2D eigenvalue weighted by atomic mass is 10.1. The number of ether oxygens (including phenoxy) is 3. The Hall–Kier alpha value is -1.18. The largest absolute Gasteiger partial charge is 0.491 e. The van der Waals surface area contributed by atoms with Crippen LogP contribution in [0.5, 0.6) is 5.75 Å². The molecule has 0 heterocycles. The number of carbonyl (C=O) groups is 1. The van der Waals surface area contributed by atoms with Crippen molar-refractivity contribution in [1.29, 1.82) is 0 Å². The minimum atomic E-state index is -2.53. The van der Waals surface area contributed by atoms with Crippen LogP contribution in [-0.2, 0) is 18.8 Å². The van der Waals surface area contributed by atoms with Gasteiger partial charge in [0.2, 0.25) is 8.46 Å². The first-order valence-corrected chi connectivity index (χ1v) is 15.7. The fourth-order valence-corrected chi connectivity index (χ4v) is 5.40. The van der Waals surface area contributed by atoms with Crippen molar-refractivity contribution in [2.45, 2.75) is 108 Å². The van der Waals surface area contributed by atoms with Gasteiger partial charge in [-0.05, 0) is 30.7 Å². The second-order valence-electron chi connectivity index (χ2n) is 9.31. The van der Waals surface area contributed by atoms with E-state index in [0.29, 0.717) is 18.1 Å². The number of aliphatic carboxylic acids is 1. The van der Waals surface area contributed by atoms with Crippen molar-refractivity contribution in [2.75, 3.05) is 25.6 Å². The first kappa shape index (κ1) is 33.8. The summed E-state index contributed by atoms with van der Waals surface area (Å²) in [7, 11) is -0.907. The summed E-state index contributed by atoms with van der Waals surface area (Å²) in [6.07, 6.45) is 13.1. The molecule has 1 aromatic carbocycles. The van der Waals surface area contributed by atoms with E-state index < -0.39 is 31.3 Å². The van der Waals surface area contributed by atoms with Crippen LogP contribution in [-0.4, -0.2) is 58.6 Å². The van der Waals surface area contributed by atoms with Gasteiger partial charge in [0.1, 0.15) is 18.5 Å². The molecule has 0 aromatic heterocycles. The molecule has 3 unspecified atom stereocenters. The van der Waals surface area contributed by atoms with Crippen molar-refractivity contribution in [3.05, 3.63) is 30.3 Å². The summed E-state index contributed by atoms with van der Waals surface area (Å²) in [5, 5.41) is 17.6. The molecule has 0 aliphatic rings. The molecular weight excluding hydrogens is 511 g/mol. The number of carboxylic acids is 1. The number of hydrogen-bond acceptors (Lipinski definition) is 7. The van der Waals surface area contributed by atoms with Gasteiger partial charge in [-0.25, -0.2) is 4.79 Å². The smallest absolute Gasteiger partial charge is 0.351 e. The first-order valence-electron chi connectivity index (χ1n) is 13.8. The summed E-state index contributed by atoms with van der Waals surface area (Å²) in [5.74, 6) is -0.280. The maximum absolute atomic E-state index is 11.7. The molecule has 9 heteroatoms. The van der Waals surface area contributed by atoms with E-state index in [-0.39, 0.29) is 13.2 Å². The van der Waals surface area contributed by atoms with Crippen molar-refractivity contribution in [3.8, 4) is 5.75 Å². The Labute approximate surface area is 229 Å². The van der Waals surface area contributed by atoms with Crippen molar-refractivity contribution in [3.63, 3.8) is 0 Å². The van der Waals surface area contributed by atoms with E-state index in [4.69, 9.17) is 14.2 Å². The second kappa shape index (κ2) is 21.7. The molecule has 0 saturated heterocycles. The van der Waals surface area contributed by atoms with Gasteiger partial charge in [0.25, 0.3) is 5.34 Å².